The molecule has 1 aliphatic rings. The monoisotopic (exact) mass is 505 g/mol. The van der Waals surface area contributed by atoms with Crippen molar-refractivity contribution in [2.75, 3.05) is 13.2 Å². The van der Waals surface area contributed by atoms with E-state index >= 15 is 0 Å². The van der Waals surface area contributed by atoms with E-state index in [0.29, 0.717) is 27.7 Å². The first kappa shape index (κ1) is 24.9. The van der Waals surface area contributed by atoms with E-state index in [1.807, 2.05) is 54.2 Å². The van der Waals surface area contributed by atoms with E-state index in [1.54, 1.807) is 32.2 Å². The molecule has 3 N–H and O–H groups in total. The largest absolute Gasteiger partial charge is 0.483 e. The number of rotatable bonds is 8. The van der Waals surface area contributed by atoms with E-state index in [2.05, 4.69) is 21.2 Å². The fourth-order valence-corrected chi connectivity index (χ4v) is 4.35. The normalized spacial score (nSPS) is 15.5. The number of esters is 1. The third kappa shape index (κ3) is 5.38. The van der Waals surface area contributed by atoms with E-state index in [1.165, 1.54) is 0 Å². The van der Waals surface area contributed by atoms with E-state index in [4.69, 9.17) is 21.7 Å². The lowest BCUT2D eigenvalue weighted by atomic mass is 9.95. The molecule has 10 heteroatoms. The molecule has 186 valence electrons. The quantitative estimate of drug-likeness (QED) is 0.187. The van der Waals surface area contributed by atoms with Crippen LogP contribution in [0.4, 0.5) is 0 Å². The Hall–Kier alpha value is -4.18. The van der Waals surface area contributed by atoms with Crippen LogP contribution in [0.3, 0.4) is 0 Å². The number of fused-ring (bicyclic) bond motifs is 1. The van der Waals surface area contributed by atoms with Crippen LogP contribution in [0.5, 0.6) is 5.75 Å². The number of carbonyl (C=O) groups excluding carboxylic acids is 2. The Morgan fingerprint density at radius 1 is 1.19 bits per heavy atom. The minimum Gasteiger partial charge on any atom is -0.483 e. The number of aromatic nitrogens is 1. The molecule has 1 atom stereocenters. The lowest BCUT2D eigenvalue weighted by Gasteiger charge is -2.30. The molecule has 9 nitrogen and oxygen atoms in total. The van der Waals surface area contributed by atoms with Crippen LogP contribution in [0.2, 0.25) is 0 Å². The summed E-state index contributed by atoms with van der Waals surface area (Å²) >= 11 is 5.30. The minimum absolute atomic E-state index is 0.240. The van der Waals surface area contributed by atoms with Gasteiger partial charge >= 0.3 is 5.97 Å². The van der Waals surface area contributed by atoms with Crippen LogP contribution in [-0.2, 0) is 21.4 Å². The number of hydrogen-bond acceptors (Lipinski definition) is 6. The summed E-state index contributed by atoms with van der Waals surface area (Å²) in [4.78, 5) is 25.1. The molecule has 1 amide bonds. The number of aryl methyl sites for hydroxylation is 1. The SMILES string of the molecule is CCOC(=O)C1=C(C)NC(=S)N[C@H]1c1ccccc1OCC(=O)NN=Cc1cn(C)c2ccccc12. The Morgan fingerprint density at radius 3 is 2.75 bits per heavy atom. The molecule has 0 bridgehead atoms. The zero-order valence-corrected chi connectivity index (χ0v) is 21.0. The number of allylic oxidation sites excluding steroid dienone is 1. The molecule has 0 saturated heterocycles. The van der Waals surface area contributed by atoms with Crippen LogP contribution >= 0.6 is 12.2 Å². The molecule has 0 radical (unpaired) electrons. The molecule has 1 aromatic heterocycles. The predicted octanol–water partition coefficient (Wildman–Crippen LogP) is 3.06. The van der Waals surface area contributed by atoms with Crippen LogP contribution in [0.25, 0.3) is 10.9 Å². The molecule has 36 heavy (non-hydrogen) atoms. The summed E-state index contributed by atoms with van der Waals surface area (Å²) in [6, 6.07) is 14.5. The first-order valence-electron chi connectivity index (χ1n) is 11.4. The molecule has 2 heterocycles. The lowest BCUT2D eigenvalue weighted by molar-refractivity contribution is -0.139. The number of carbonyl (C=O) groups is 2. The second kappa shape index (κ2) is 11.0. The van der Waals surface area contributed by atoms with Crippen molar-refractivity contribution in [1.29, 1.82) is 0 Å². The summed E-state index contributed by atoms with van der Waals surface area (Å²) in [7, 11) is 1.96. The van der Waals surface area contributed by atoms with Crippen LogP contribution in [-0.4, -0.2) is 41.0 Å². The highest BCUT2D eigenvalue weighted by Crippen LogP contribution is 2.33. The highest BCUT2D eigenvalue weighted by Gasteiger charge is 2.32. The van der Waals surface area contributed by atoms with Gasteiger partial charge in [0.15, 0.2) is 11.7 Å². The summed E-state index contributed by atoms with van der Waals surface area (Å²) in [5.41, 5.74) is 6.10. The van der Waals surface area contributed by atoms with Gasteiger partial charge in [-0.05, 0) is 38.2 Å². The highest BCUT2D eigenvalue weighted by molar-refractivity contribution is 7.80. The predicted molar refractivity (Wildman–Crippen MR) is 142 cm³/mol. The molecule has 4 rings (SSSR count). The Balaban J connectivity index is 1.46. The fourth-order valence-electron chi connectivity index (χ4n) is 4.08. The van der Waals surface area contributed by atoms with Crippen molar-refractivity contribution in [3.8, 4) is 5.75 Å². The van der Waals surface area contributed by atoms with Gasteiger partial charge < -0.3 is 24.7 Å². The molecular weight excluding hydrogens is 478 g/mol. The highest BCUT2D eigenvalue weighted by atomic mass is 32.1. The number of para-hydroxylation sites is 2. The van der Waals surface area contributed by atoms with E-state index in [-0.39, 0.29) is 13.2 Å². The van der Waals surface area contributed by atoms with Crippen molar-refractivity contribution in [2.45, 2.75) is 19.9 Å². The molecule has 1 aliphatic heterocycles. The molecule has 3 aromatic rings. The second-order valence-electron chi connectivity index (χ2n) is 8.12. The topological polar surface area (TPSA) is 106 Å². The minimum atomic E-state index is -0.596. The molecule has 0 aliphatic carbocycles. The van der Waals surface area contributed by atoms with Gasteiger partial charge in [-0.15, -0.1) is 0 Å². The van der Waals surface area contributed by atoms with Crippen LogP contribution in [0.1, 0.15) is 31.0 Å². The maximum atomic E-state index is 12.7. The number of nitrogens with zero attached hydrogens (tertiary/aromatic N) is 2. The van der Waals surface area contributed by atoms with Crippen LogP contribution < -0.4 is 20.8 Å². The average molecular weight is 506 g/mol. The van der Waals surface area contributed by atoms with Gasteiger partial charge in [0.05, 0.1) is 24.4 Å². The lowest BCUT2D eigenvalue weighted by Crippen LogP contribution is -2.45. The summed E-state index contributed by atoms with van der Waals surface area (Å²) < 4.78 is 13.1. The molecule has 0 spiro atoms. The number of ether oxygens (including phenoxy) is 2. The molecule has 2 aromatic carbocycles. The van der Waals surface area contributed by atoms with Gasteiger partial charge in [-0.1, -0.05) is 36.4 Å². The molecular formula is C26H27N5O4S. The maximum absolute atomic E-state index is 12.7. The van der Waals surface area contributed by atoms with Crippen molar-refractivity contribution in [2.24, 2.45) is 12.1 Å². The van der Waals surface area contributed by atoms with Gasteiger partial charge in [0.25, 0.3) is 5.91 Å². The zero-order chi connectivity index (χ0) is 25.7. The molecule has 0 fully saturated rings. The first-order chi connectivity index (χ1) is 17.4. The number of nitrogens with one attached hydrogen (secondary N) is 3. The third-order valence-electron chi connectivity index (χ3n) is 5.67. The first-order valence-corrected chi connectivity index (χ1v) is 11.8. The molecule has 0 saturated carbocycles. The number of thiocarbonyl (C=S) groups is 1. The number of hydrogen-bond donors (Lipinski definition) is 3. The van der Waals surface area contributed by atoms with Crippen LogP contribution in [0, 0.1) is 0 Å². The van der Waals surface area contributed by atoms with Crippen LogP contribution in [0.15, 0.2) is 71.1 Å². The van der Waals surface area contributed by atoms with Crippen molar-refractivity contribution < 1.29 is 19.1 Å². The summed E-state index contributed by atoms with van der Waals surface area (Å²) in [5, 5.41) is 11.6. The summed E-state index contributed by atoms with van der Waals surface area (Å²) in [5.74, 6) is -0.451. The van der Waals surface area contributed by atoms with E-state index in [9.17, 15) is 9.59 Å². The van der Waals surface area contributed by atoms with E-state index in [0.717, 1.165) is 16.5 Å². The fraction of sp³-hybridized carbons (Fsp3) is 0.231. The van der Waals surface area contributed by atoms with Gasteiger partial charge in [0.1, 0.15) is 5.75 Å². The van der Waals surface area contributed by atoms with Crippen molar-refractivity contribution in [3.63, 3.8) is 0 Å². The van der Waals surface area contributed by atoms with Crippen molar-refractivity contribution in [3.05, 3.63) is 77.1 Å². The standard InChI is InChI=1S/C26H27N5O4S/c1-4-34-25(33)23-16(2)28-26(36)29-24(23)19-10-6-8-12-21(19)35-15-22(32)30-27-13-17-14-31(3)20-11-7-5-9-18(17)20/h5-14,24H,4,15H2,1-3H3,(H,30,32)(H2,28,29,36)/t24-/m0/s1. The van der Waals surface area contributed by atoms with Gasteiger partial charge in [0, 0.05) is 41.0 Å². The Morgan fingerprint density at radius 2 is 1.94 bits per heavy atom. The van der Waals surface area contributed by atoms with Gasteiger partial charge in [-0.2, -0.15) is 5.10 Å². The average Bonchev–Trinajstić information content (AvgIpc) is 3.18. The Kier molecular flexibility index (Phi) is 7.65. The number of hydrazone groups is 1. The smallest absolute Gasteiger partial charge is 0.338 e. The van der Waals surface area contributed by atoms with Crippen molar-refractivity contribution >= 4 is 46.3 Å². The van der Waals surface area contributed by atoms with Gasteiger partial charge in [-0.3, -0.25) is 4.79 Å². The molecule has 0 unspecified atom stereocenters. The zero-order valence-electron chi connectivity index (χ0n) is 20.2. The third-order valence-corrected chi connectivity index (χ3v) is 5.89. The number of benzene rings is 2. The number of amides is 1. The Bertz CT molecular complexity index is 1380. The van der Waals surface area contributed by atoms with Crippen molar-refractivity contribution in [1.82, 2.24) is 20.6 Å². The van der Waals surface area contributed by atoms with Gasteiger partial charge in [0.2, 0.25) is 0 Å². The van der Waals surface area contributed by atoms with E-state index < -0.39 is 17.9 Å². The summed E-state index contributed by atoms with van der Waals surface area (Å²) in [6.45, 7) is 3.48. The maximum Gasteiger partial charge on any atom is 0.338 e. The van der Waals surface area contributed by atoms with Gasteiger partial charge in [-0.25, -0.2) is 10.2 Å². The Labute approximate surface area is 214 Å². The second-order valence-corrected chi connectivity index (χ2v) is 8.53. The summed E-state index contributed by atoms with van der Waals surface area (Å²) in [6.07, 6.45) is 3.55.